The van der Waals surface area contributed by atoms with Gasteiger partial charge in [0, 0.05) is 51.9 Å². The summed E-state index contributed by atoms with van der Waals surface area (Å²) in [4.78, 5) is 14.4. The number of hydrogen-bond donors (Lipinski definition) is 2. The average molecular weight is 380 g/mol. The van der Waals surface area contributed by atoms with E-state index in [1.807, 2.05) is 18.7 Å². The first-order valence-electron chi connectivity index (χ1n) is 8.27. The lowest BCUT2D eigenvalue weighted by molar-refractivity contribution is -0.121. The summed E-state index contributed by atoms with van der Waals surface area (Å²) in [5.74, 6) is 0.142. The standard InChI is InChI=1S/C16H29N5O.2ClH/c1-13-15(14(2)20(3)19-13)5-6-16(22)18-7-4-10-21-11-8-17-9-12-21;;/h17H,4-12H2,1-3H3,(H,18,22);2*1H. The van der Waals surface area contributed by atoms with E-state index in [-0.39, 0.29) is 30.7 Å². The quantitative estimate of drug-likeness (QED) is 0.699. The fourth-order valence-corrected chi connectivity index (χ4v) is 2.97. The lowest BCUT2D eigenvalue weighted by Gasteiger charge is -2.27. The molecule has 0 radical (unpaired) electrons. The van der Waals surface area contributed by atoms with Gasteiger partial charge < -0.3 is 15.5 Å². The van der Waals surface area contributed by atoms with Crippen LogP contribution in [0.5, 0.6) is 0 Å². The van der Waals surface area contributed by atoms with Gasteiger partial charge in [0.25, 0.3) is 0 Å². The second kappa shape index (κ2) is 11.7. The molecule has 2 N–H and O–H groups in total. The van der Waals surface area contributed by atoms with Gasteiger partial charge in [-0.3, -0.25) is 9.48 Å². The summed E-state index contributed by atoms with van der Waals surface area (Å²) < 4.78 is 1.88. The third kappa shape index (κ3) is 6.97. The molecule has 0 atom stereocenters. The Morgan fingerprint density at radius 2 is 1.92 bits per heavy atom. The number of carbonyl (C=O) groups is 1. The number of nitrogens with zero attached hydrogens (tertiary/aromatic N) is 3. The molecule has 8 heteroatoms. The molecule has 1 saturated heterocycles. The molecule has 1 amide bonds. The zero-order chi connectivity index (χ0) is 15.9. The number of amides is 1. The molecule has 0 aliphatic carbocycles. The lowest BCUT2D eigenvalue weighted by atomic mass is 10.1. The van der Waals surface area contributed by atoms with Crippen LogP contribution in [-0.2, 0) is 18.3 Å². The Morgan fingerprint density at radius 1 is 1.25 bits per heavy atom. The van der Waals surface area contributed by atoms with E-state index < -0.39 is 0 Å². The molecule has 140 valence electrons. The average Bonchev–Trinajstić information content (AvgIpc) is 2.76. The van der Waals surface area contributed by atoms with Gasteiger partial charge >= 0.3 is 0 Å². The number of hydrogen-bond acceptors (Lipinski definition) is 4. The summed E-state index contributed by atoms with van der Waals surface area (Å²) in [6.45, 7) is 10.3. The minimum atomic E-state index is 0. The second-order valence-corrected chi connectivity index (χ2v) is 6.07. The Bertz CT molecular complexity index is 501. The van der Waals surface area contributed by atoms with E-state index in [1.54, 1.807) is 0 Å². The van der Waals surface area contributed by atoms with E-state index in [1.165, 1.54) is 5.56 Å². The first-order chi connectivity index (χ1) is 10.6. The predicted octanol–water partition coefficient (Wildman–Crippen LogP) is 1.22. The number of aromatic nitrogens is 2. The Hall–Kier alpha value is -0.820. The van der Waals surface area contributed by atoms with Crippen LogP contribution in [0.3, 0.4) is 0 Å². The minimum Gasteiger partial charge on any atom is -0.356 e. The summed E-state index contributed by atoms with van der Waals surface area (Å²) in [7, 11) is 1.95. The molecule has 0 bridgehead atoms. The molecule has 1 fully saturated rings. The van der Waals surface area contributed by atoms with E-state index in [0.29, 0.717) is 6.42 Å². The van der Waals surface area contributed by atoms with Gasteiger partial charge in [0.15, 0.2) is 0 Å². The van der Waals surface area contributed by atoms with Gasteiger partial charge in [-0.1, -0.05) is 0 Å². The van der Waals surface area contributed by atoms with Gasteiger partial charge in [0.05, 0.1) is 5.69 Å². The SMILES string of the molecule is Cc1nn(C)c(C)c1CCC(=O)NCCCN1CCNCC1.Cl.Cl. The molecule has 1 aromatic heterocycles. The van der Waals surface area contributed by atoms with Crippen molar-refractivity contribution in [1.82, 2.24) is 25.3 Å². The van der Waals surface area contributed by atoms with Gasteiger partial charge in [0.1, 0.15) is 0 Å². The smallest absolute Gasteiger partial charge is 0.220 e. The van der Waals surface area contributed by atoms with Crippen molar-refractivity contribution in [1.29, 1.82) is 0 Å². The van der Waals surface area contributed by atoms with Crippen LogP contribution in [0, 0.1) is 13.8 Å². The normalized spacial score (nSPS) is 14.6. The molecule has 2 rings (SSSR count). The monoisotopic (exact) mass is 379 g/mol. The molecule has 0 saturated carbocycles. The Kier molecular flexibility index (Phi) is 11.3. The number of halogens is 2. The highest BCUT2D eigenvalue weighted by Crippen LogP contribution is 2.13. The highest BCUT2D eigenvalue weighted by Gasteiger charge is 2.12. The van der Waals surface area contributed by atoms with Crippen LogP contribution in [0.2, 0.25) is 0 Å². The number of piperazine rings is 1. The predicted molar refractivity (Wildman–Crippen MR) is 102 cm³/mol. The van der Waals surface area contributed by atoms with Crippen molar-refractivity contribution in [3.05, 3.63) is 17.0 Å². The van der Waals surface area contributed by atoms with Crippen LogP contribution in [0.1, 0.15) is 29.8 Å². The van der Waals surface area contributed by atoms with Crippen LogP contribution in [0.25, 0.3) is 0 Å². The summed E-state index contributed by atoms with van der Waals surface area (Å²) >= 11 is 0. The highest BCUT2D eigenvalue weighted by molar-refractivity contribution is 5.85. The fraction of sp³-hybridized carbons (Fsp3) is 0.750. The summed E-state index contributed by atoms with van der Waals surface area (Å²) in [6, 6.07) is 0. The van der Waals surface area contributed by atoms with Gasteiger partial charge in [-0.15, -0.1) is 24.8 Å². The second-order valence-electron chi connectivity index (χ2n) is 6.07. The topological polar surface area (TPSA) is 62.2 Å². The third-order valence-electron chi connectivity index (χ3n) is 4.44. The first kappa shape index (κ1) is 23.2. The Labute approximate surface area is 157 Å². The van der Waals surface area contributed by atoms with Gasteiger partial charge in [0.2, 0.25) is 5.91 Å². The van der Waals surface area contributed by atoms with Gasteiger partial charge in [-0.2, -0.15) is 5.10 Å². The molecule has 0 unspecified atom stereocenters. The molecular weight excluding hydrogens is 349 g/mol. The van der Waals surface area contributed by atoms with Gasteiger partial charge in [-0.05, 0) is 38.8 Å². The molecule has 6 nitrogen and oxygen atoms in total. The zero-order valence-electron chi connectivity index (χ0n) is 14.9. The maximum absolute atomic E-state index is 11.9. The number of rotatable bonds is 7. The number of aryl methyl sites for hydroxylation is 2. The summed E-state index contributed by atoms with van der Waals surface area (Å²) in [5.41, 5.74) is 3.40. The lowest BCUT2D eigenvalue weighted by Crippen LogP contribution is -2.44. The van der Waals surface area contributed by atoms with Crippen molar-refractivity contribution in [2.75, 3.05) is 39.3 Å². The van der Waals surface area contributed by atoms with E-state index in [2.05, 4.69) is 27.6 Å². The molecule has 0 spiro atoms. The Balaban J connectivity index is 0.00000264. The van der Waals surface area contributed by atoms with Crippen LogP contribution >= 0.6 is 24.8 Å². The summed E-state index contributed by atoms with van der Waals surface area (Å²) in [6.07, 6.45) is 2.34. The van der Waals surface area contributed by atoms with Crippen LogP contribution in [0.4, 0.5) is 0 Å². The number of carbonyl (C=O) groups excluding carboxylic acids is 1. The van der Waals surface area contributed by atoms with Crippen molar-refractivity contribution in [3.63, 3.8) is 0 Å². The van der Waals surface area contributed by atoms with E-state index in [4.69, 9.17) is 0 Å². The van der Waals surface area contributed by atoms with Crippen molar-refractivity contribution in [3.8, 4) is 0 Å². The van der Waals surface area contributed by atoms with E-state index in [9.17, 15) is 4.79 Å². The first-order valence-corrected chi connectivity index (χ1v) is 8.27. The van der Waals surface area contributed by atoms with Crippen molar-refractivity contribution in [2.24, 2.45) is 7.05 Å². The van der Waals surface area contributed by atoms with Crippen LogP contribution < -0.4 is 10.6 Å². The van der Waals surface area contributed by atoms with Crippen LogP contribution in [0.15, 0.2) is 0 Å². The largest absolute Gasteiger partial charge is 0.356 e. The maximum atomic E-state index is 11.9. The molecule has 0 aromatic carbocycles. The molecule has 24 heavy (non-hydrogen) atoms. The van der Waals surface area contributed by atoms with Crippen LogP contribution in [-0.4, -0.2) is 59.9 Å². The Morgan fingerprint density at radius 3 is 2.50 bits per heavy atom. The third-order valence-corrected chi connectivity index (χ3v) is 4.44. The van der Waals surface area contributed by atoms with Gasteiger partial charge in [-0.25, -0.2) is 0 Å². The molecule has 2 heterocycles. The van der Waals surface area contributed by atoms with Crippen molar-refractivity contribution < 1.29 is 4.79 Å². The fourth-order valence-electron chi connectivity index (χ4n) is 2.97. The minimum absolute atomic E-state index is 0. The summed E-state index contributed by atoms with van der Waals surface area (Å²) in [5, 5.41) is 10.8. The maximum Gasteiger partial charge on any atom is 0.220 e. The molecular formula is C16H31Cl2N5O. The molecule has 1 aliphatic rings. The molecule has 1 aliphatic heterocycles. The molecule has 1 aromatic rings. The number of nitrogens with one attached hydrogen (secondary N) is 2. The van der Waals surface area contributed by atoms with Crippen molar-refractivity contribution in [2.45, 2.75) is 33.1 Å². The van der Waals surface area contributed by atoms with E-state index >= 15 is 0 Å². The highest BCUT2D eigenvalue weighted by atomic mass is 35.5. The zero-order valence-corrected chi connectivity index (χ0v) is 16.6. The van der Waals surface area contributed by atoms with Crippen molar-refractivity contribution >= 4 is 30.7 Å². The van der Waals surface area contributed by atoms with E-state index in [0.717, 1.165) is 63.5 Å².